The molecule has 4 aliphatic heterocycles. The molecule has 18 rings (SSSR count). The normalized spacial score (nSPS) is 13.6. The second-order valence-electron chi connectivity index (χ2n) is 25.8. The van der Waals surface area contributed by atoms with E-state index in [1.807, 2.05) is 11.3 Å². The summed E-state index contributed by atoms with van der Waals surface area (Å²) in [6.07, 6.45) is 4.57. The third-order valence-corrected chi connectivity index (χ3v) is 21.3. The van der Waals surface area contributed by atoms with Crippen LogP contribution in [0.3, 0.4) is 0 Å². The summed E-state index contributed by atoms with van der Waals surface area (Å²) in [6, 6.07) is 84.5. The Balaban J connectivity index is 0.910. The van der Waals surface area contributed by atoms with Gasteiger partial charge in [-0.15, -0.1) is 11.3 Å². The number of fused-ring (bicyclic) bond motifs is 11. The molecule has 0 atom stereocenters. The summed E-state index contributed by atoms with van der Waals surface area (Å²) in [5.41, 5.74) is 28.3. The molecule has 1 aliphatic carbocycles. The van der Waals surface area contributed by atoms with Gasteiger partial charge in [-0.2, -0.15) is 9.97 Å². The number of hydrogen-bond acceptors (Lipinski definition) is 9. The zero-order chi connectivity index (χ0) is 62.3. The lowest BCUT2D eigenvalue weighted by atomic mass is 9.32. The zero-order valence-corrected chi connectivity index (χ0v) is 53.6. The maximum absolute atomic E-state index is 7.76. The fraction of sp³-hybridized carbons (Fsp3) is 0.122. The lowest BCUT2D eigenvalue weighted by Gasteiger charge is -2.42. The van der Waals surface area contributed by atoms with E-state index in [0.29, 0.717) is 17.6 Å². The van der Waals surface area contributed by atoms with E-state index in [2.05, 4.69) is 292 Å². The van der Waals surface area contributed by atoms with Crippen LogP contribution in [0.2, 0.25) is 0 Å². The van der Waals surface area contributed by atoms with E-state index < -0.39 is 0 Å². The van der Waals surface area contributed by atoms with Crippen LogP contribution in [-0.2, 0) is 12.8 Å². The van der Waals surface area contributed by atoms with Crippen LogP contribution in [0.15, 0.2) is 231 Å². The highest BCUT2D eigenvalue weighted by Crippen LogP contribution is 2.52. The van der Waals surface area contributed by atoms with E-state index in [-0.39, 0.29) is 13.4 Å². The highest BCUT2D eigenvalue weighted by atomic mass is 32.1. The summed E-state index contributed by atoms with van der Waals surface area (Å²) in [6.45, 7) is 12.7. The Morgan fingerprint density at radius 1 is 0.430 bits per heavy atom. The lowest BCUT2D eigenvalue weighted by molar-refractivity contribution is 0.454. The van der Waals surface area contributed by atoms with Gasteiger partial charge in [-0.05, 0) is 199 Å². The summed E-state index contributed by atoms with van der Waals surface area (Å²) in [5, 5.41) is 1.22. The molecular formula is C82H64B2N6O2S. The lowest BCUT2D eigenvalue weighted by Crippen LogP contribution is -2.63. The fourth-order valence-electron chi connectivity index (χ4n) is 15.8. The van der Waals surface area contributed by atoms with Crippen LogP contribution in [0.25, 0.3) is 21.2 Å². The van der Waals surface area contributed by atoms with Crippen molar-refractivity contribution in [2.75, 3.05) is 19.6 Å². The van der Waals surface area contributed by atoms with Crippen molar-refractivity contribution in [3.8, 4) is 34.3 Å². The molecule has 6 heterocycles. The molecule has 0 amide bonds. The molecule has 0 spiro atoms. The third-order valence-electron chi connectivity index (χ3n) is 20.1. The highest BCUT2D eigenvalue weighted by Gasteiger charge is 2.49. The van der Waals surface area contributed by atoms with Crippen molar-refractivity contribution >= 4 is 136 Å². The number of anilines is 12. The quantitative estimate of drug-likeness (QED) is 0.133. The van der Waals surface area contributed by atoms with E-state index in [9.17, 15) is 0 Å². The van der Waals surface area contributed by atoms with Gasteiger partial charge in [-0.1, -0.05) is 164 Å². The molecule has 0 unspecified atom stereocenters. The van der Waals surface area contributed by atoms with Gasteiger partial charge >= 0.3 is 0 Å². The van der Waals surface area contributed by atoms with Crippen LogP contribution >= 0.6 is 11.3 Å². The minimum absolute atomic E-state index is 0.231. The van der Waals surface area contributed by atoms with Crippen molar-refractivity contribution in [1.29, 1.82) is 0 Å². The van der Waals surface area contributed by atoms with Gasteiger partial charge in [0.25, 0.3) is 13.4 Å². The van der Waals surface area contributed by atoms with E-state index in [1.165, 1.54) is 72.3 Å². The van der Waals surface area contributed by atoms with Crippen LogP contribution < -0.4 is 61.2 Å². The van der Waals surface area contributed by atoms with E-state index >= 15 is 0 Å². The van der Waals surface area contributed by atoms with Gasteiger partial charge < -0.3 is 19.3 Å². The van der Waals surface area contributed by atoms with E-state index in [4.69, 9.17) is 19.4 Å². The molecule has 0 bridgehead atoms. The molecule has 2 aromatic heterocycles. The molecule has 0 saturated heterocycles. The van der Waals surface area contributed by atoms with Crippen LogP contribution in [0, 0.1) is 41.5 Å². The van der Waals surface area contributed by atoms with Crippen LogP contribution in [0.4, 0.5) is 68.6 Å². The Morgan fingerprint density at radius 3 is 1.78 bits per heavy atom. The Labute approximate surface area is 547 Å². The van der Waals surface area contributed by atoms with Gasteiger partial charge in [0.15, 0.2) is 0 Å². The van der Waals surface area contributed by atoms with Gasteiger partial charge in [0.05, 0.1) is 28.4 Å². The van der Waals surface area contributed by atoms with E-state index in [0.717, 1.165) is 125 Å². The Kier molecular flexibility index (Phi) is 12.8. The van der Waals surface area contributed by atoms with Crippen molar-refractivity contribution in [2.45, 2.75) is 67.2 Å². The Hall–Kier alpha value is -10.6. The first kappa shape index (κ1) is 55.2. The second kappa shape index (κ2) is 21.5. The number of thiophene rings is 1. The monoisotopic (exact) mass is 1220 g/mol. The molecule has 446 valence electrons. The van der Waals surface area contributed by atoms with Crippen molar-refractivity contribution < 1.29 is 9.47 Å². The molecule has 5 aliphatic rings. The predicted octanol–water partition coefficient (Wildman–Crippen LogP) is 17.8. The van der Waals surface area contributed by atoms with Gasteiger partial charge in [0, 0.05) is 60.9 Å². The van der Waals surface area contributed by atoms with Crippen LogP contribution in [0.1, 0.15) is 57.3 Å². The first-order valence-electron chi connectivity index (χ1n) is 32.6. The molecule has 0 radical (unpaired) electrons. The van der Waals surface area contributed by atoms with Crippen molar-refractivity contribution in [1.82, 2.24) is 9.97 Å². The molecule has 13 aromatic rings. The number of aromatic nitrogens is 2. The number of benzene rings is 11. The fourth-order valence-corrected chi connectivity index (χ4v) is 17.2. The SMILES string of the molecule is Cc1ccccc1N(c1cc2c3c(c1)N(c1ccc4c(c1)CCCC4)c1c(sc4cc(-c5ccccc5)ccc14)B3c1cc3c(cc1O2)Oc1nc(N(c2ccccc2C)c2c(C)cccc2C)nc2c1B3c1ccccc1N2c1ccccc1)c1c(C)cccc1C. The van der Waals surface area contributed by atoms with Gasteiger partial charge in [0.1, 0.15) is 23.1 Å². The van der Waals surface area contributed by atoms with Crippen molar-refractivity contribution in [3.63, 3.8) is 0 Å². The van der Waals surface area contributed by atoms with Crippen molar-refractivity contribution in [3.05, 3.63) is 275 Å². The zero-order valence-electron chi connectivity index (χ0n) is 52.8. The summed E-state index contributed by atoms with van der Waals surface area (Å²) in [7, 11) is 0. The number of ether oxygens (including phenoxy) is 2. The molecular weight excluding hydrogens is 1150 g/mol. The molecule has 0 saturated carbocycles. The van der Waals surface area contributed by atoms with Crippen LogP contribution in [-0.4, -0.2) is 23.4 Å². The summed E-state index contributed by atoms with van der Waals surface area (Å²) in [5.74, 6) is 4.07. The Morgan fingerprint density at radius 2 is 1.05 bits per heavy atom. The number of nitrogens with zero attached hydrogens (tertiary/aromatic N) is 6. The molecule has 8 nitrogen and oxygen atoms in total. The smallest absolute Gasteiger partial charge is 0.268 e. The van der Waals surface area contributed by atoms with Crippen molar-refractivity contribution in [2.24, 2.45) is 0 Å². The second-order valence-corrected chi connectivity index (χ2v) is 26.9. The van der Waals surface area contributed by atoms with Gasteiger partial charge in [-0.25, -0.2) is 0 Å². The maximum atomic E-state index is 7.76. The van der Waals surface area contributed by atoms with Crippen LogP contribution in [0.5, 0.6) is 23.1 Å². The maximum Gasteiger partial charge on any atom is 0.268 e. The predicted molar refractivity (Wildman–Crippen MR) is 389 cm³/mol. The minimum atomic E-state index is -0.310. The number of rotatable bonds is 9. The minimum Gasteiger partial charge on any atom is -0.458 e. The topological polar surface area (TPSA) is 57.2 Å². The molecule has 93 heavy (non-hydrogen) atoms. The largest absolute Gasteiger partial charge is 0.458 e. The Bertz CT molecular complexity index is 5220. The molecule has 0 fully saturated rings. The number of para-hydroxylation sites is 6. The van der Waals surface area contributed by atoms with Gasteiger partial charge in [-0.3, -0.25) is 9.80 Å². The first-order chi connectivity index (χ1) is 45.6. The van der Waals surface area contributed by atoms with E-state index in [1.54, 1.807) is 0 Å². The average Bonchev–Trinajstić information content (AvgIpc) is 1.68. The first-order valence-corrected chi connectivity index (χ1v) is 33.4. The summed E-state index contributed by atoms with van der Waals surface area (Å²) >= 11 is 1.91. The molecule has 11 heteroatoms. The van der Waals surface area contributed by atoms with Gasteiger partial charge in [0.2, 0.25) is 11.8 Å². The summed E-state index contributed by atoms with van der Waals surface area (Å²) < 4.78 is 17.8. The highest BCUT2D eigenvalue weighted by molar-refractivity contribution is 7.33. The number of hydrogen-bond donors (Lipinski definition) is 0. The standard InChI is InChI=1S/C82H64B2N6O2S/c1-49-23-13-18-36-66(49)88(76-51(3)25-21-26-52(76)4)61-45-69-74-72(46-61)91-70-48-71-64(47-65(70)84(74)79-78(87(69)60-41-39-56-31-15-16-32-57(56)43-60)62-42-40-58(44-73(62)93-79)55-29-9-7-10-30-55)83-63-35-17-20-38-68(63)89(59-33-11-8-12-34-59)80-75(83)81(92-71)86-82(85-80)90(67-37-19-14-24-50(67)2)77-53(5)27-22-28-54(77)6/h7-14,17-30,33-48H,15-16,31-32H2,1-6H3. The molecule has 11 aromatic carbocycles. The molecule has 0 N–H and O–H groups in total. The number of aryl methyl sites for hydroxylation is 8. The average molecular weight is 1220 g/mol. The third kappa shape index (κ3) is 8.66. The summed E-state index contributed by atoms with van der Waals surface area (Å²) in [4.78, 5) is 21.1.